The van der Waals surface area contributed by atoms with Crippen molar-refractivity contribution in [1.82, 2.24) is 14.3 Å². The first kappa shape index (κ1) is 20.2. The first-order chi connectivity index (χ1) is 14.6. The van der Waals surface area contributed by atoms with Gasteiger partial charge in [0.25, 0.3) is 5.91 Å². The summed E-state index contributed by atoms with van der Waals surface area (Å²) < 4.78 is 29.3. The minimum absolute atomic E-state index is 0.0997. The number of halogens is 2. The van der Waals surface area contributed by atoms with Crippen molar-refractivity contribution in [1.29, 1.82) is 0 Å². The van der Waals surface area contributed by atoms with E-state index in [4.69, 9.17) is 0 Å². The van der Waals surface area contributed by atoms with Gasteiger partial charge in [0.1, 0.15) is 11.6 Å². The van der Waals surface area contributed by atoms with Gasteiger partial charge in [-0.3, -0.25) is 9.20 Å². The fourth-order valence-corrected chi connectivity index (χ4v) is 4.32. The third kappa shape index (κ3) is 4.11. The molecule has 154 valence electrons. The Hall–Kier alpha value is -3.06. The van der Waals surface area contributed by atoms with E-state index in [0.717, 1.165) is 28.3 Å². The smallest absolute Gasteiger partial charge is 0.256 e. The number of aromatic nitrogens is 2. The third-order valence-electron chi connectivity index (χ3n) is 4.95. The van der Waals surface area contributed by atoms with Crippen LogP contribution in [0.1, 0.15) is 29.4 Å². The number of carbonyl (C=O) groups excluding carboxylic acids is 1. The van der Waals surface area contributed by atoms with Crippen LogP contribution in [0.25, 0.3) is 16.2 Å². The maximum atomic E-state index is 14.1. The van der Waals surface area contributed by atoms with Gasteiger partial charge in [-0.2, -0.15) is 0 Å². The third-order valence-corrected chi connectivity index (χ3v) is 5.83. The lowest BCUT2D eigenvalue weighted by Crippen LogP contribution is -2.34. The van der Waals surface area contributed by atoms with Crippen LogP contribution in [0.2, 0.25) is 0 Å². The van der Waals surface area contributed by atoms with Crippen molar-refractivity contribution in [2.45, 2.75) is 19.8 Å². The molecule has 0 spiro atoms. The topological polar surface area (TPSA) is 37.6 Å². The zero-order chi connectivity index (χ0) is 21.1. The molecular weight excluding hydrogens is 404 g/mol. The van der Waals surface area contributed by atoms with E-state index >= 15 is 0 Å². The maximum Gasteiger partial charge on any atom is 0.256 e. The Morgan fingerprint density at radius 2 is 1.87 bits per heavy atom. The fourth-order valence-electron chi connectivity index (χ4n) is 3.41. The van der Waals surface area contributed by atoms with E-state index < -0.39 is 5.82 Å². The molecule has 4 nitrogen and oxygen atoms in total. The minimum Gasteiger partial charge on any atom is -0.338 e. The Morgan fingerprint density at radius 3 is 2.60 bits per heavy atom. The molecule has 30 heavy (non-hydrogen) atoms. The van der Waals surface area contributed by atoms with Crippen molar-refractivity contribution in [3.8, 4) is 11.3 Å². The SMILES string of the molecule is CCCN(CCc1csc2nc(-c3ccc(F)cc3)cn12)C(=O)c1ccccc1F. The highest BCUT2D eigenvalue weighted by atomic mass is 32.1. The second-order valence-electron chi connectivity index (χ2n) is 7.03. The van der Waals surface area contributed by atoms with E-state index in [0.29, 0.717) is 19.5 Å². The number of imidazole rings is 1. The molecule has 0 saturated heterocycles. The molecule has 0 fully saturated rings. The second-order valence-corrected chi connectivity index (χ2v) is 7.87. The highest BCUT2D eigenvalue weighted by Crippen LogP contribution is 2.24. The average Bonchev–Trinajstić information content (AvgIpc) is 3.33. The van der Waals surface area contributed by atoms with Crippen molar-refractivity contribution >= 4 is 22.2 Å². The predicted octanol–water partition coefficient (Wildman–Crippen LogP) is 5.44. The Morgan fingerprint density at radius 1 is 1.10 bits per heavy atom. The molecule has 4 rings (SSSR count). The lowest BCUT2D eigenvalue weighted by Gasteiger charge is -2.22. The van der Waals surface area contributed by atoms with Gasteiger partial charge in [-0.25, -0.2) is 13.8 Å². The summed E-state index contributed by atoms with van der Waals surface area (Å²) in [4.78, 5) is 20.0. The van der Waals surface area contributed by atoms with Crippen LogP contribution >= 0.6 is 11.3 Å². The number of fused-ring (bicyclic) bond motifs is 1. The summed E-state index contributed by atoms with van der Waals surface area (Å²) in [5.74, 6) is -1.07. The molecule has 0 N–H and O–H groups in total. The van der Waals surface area contributed by atoms with Crippen LogP contribution < -0.4 is 0 Å². The summed E-state index contributed by atoms with van der Waals surface area (Å²) >= 11 is 1.52. The molecule has 0 bridgehead atoms. The number of hydrogen-bond donors (Lipinski definition) is 0. The molecule has 1 amide bonds. The van der Waals surface area contributed by atoms with E-state index in [2.05, 4.69) is 4.98 Å². The van der Waals surface area contributed by atoms with Crippen LogP contribution in [0.4, 0.5) is 8.78 Å². The molecule has 2 aromatic heterocycles. The lowest BCUT2D eigenvalue weighted by atomic mass is 10.1. The maximum absolute atomic E-state index is 14.1. The number of amides is 1. The predicted molar refractivity (Wildman–Crippen MR) is 115 cm³/mol. The summed E-state index contributed by atoms with van der Waals surface area (Å²) in [6.45, 7) is 3.04. The molecular formula is C23H21F2N3OS. The molecule has 0 aliphatic carbocycles. The van der Waals surface area contributed by atoms with Gasteiger partial charge in [0, 0.05) is 42.3 Å². The molecule has 0 radical (unpaired) electrons. The van der Waals surface area contributed by atoms with Crippen molar-refractivity contribution < 1.29 is 13.6 Å². The van der Waals surface area contributed by atoms with Crippen LogP contribution in [0, 0.1) is 11.6 Å². The summed E-state index contributed by atoms with van der Waals surface area (Å²) in [7, 11) is 0. The number of rotatable bonds is 7. The summed E-state index contributed by atoms with van der Waals surface area (Å²) in [6, 6.07) is 12.3. The van der Waals surface area contributed by atoms with Crippen LogP contribution in [0.3, 0.4) is 0 Å². The Balaban J connectivity index is 1.53. The number of thiazole rings is 1. The highest BCUT2D eigenvalue weighted by molar-refractivity contribution is 7.15. The van der Waals surface area contributed by atoms with E-state index in [9.17, 15) is 13.6 Å². The van der Waals surface area contributed by atoms with Crippen molar-refractivity contribution in [2.75, 3.05) is 13.1 Å². The van der Waals surface area contributed by atoms with Crippen molar-refractivity contribution in [2.24, 2.45) is 0 Å². The number of nitrogens with zero attached hydrogens (tertiary/aromatic N) is 3. The van der Waals surface area contributed by atoms with Gasteiger partial charge in [-0.15, -0.1) is 11.3 Å². The summed E-state index contributed by atoms with van der Waals surface area (Å²) in [6.07, 6.45) is 3.34. The Labute approximate surface area is 177 Å². The van der Waals surface area contributed by atoms with E-state index in [1.54, 1.807) is 29.2 Å². The minimum atomic E-state index is -0.500. The van der Waals surface area contributed by atoms with E-state index in [1.165, 1.54) is 35.6 Å². The second kappa shape index (κ2) is 8.75. The summed E-state index contributed by atoms with van der Waals surface area (Å²) in [5, 5.41) is 2.02. The van der Waals surface area contributed by atoms with E-state index in [-0.39, 0.29) is 17.3 Å². The van der Waals surface area contributed by atoms with Crippen LogP contribution in [-0.2, 0) is 6.42 Å². The standard InChI is InChI=1S/C23H21F2N3OS/c1-2-12-27(22(29)19-5-3-4-6-20(19)25)13-11-18-15-30-23-26-21(14-28(18)23)16-7-9-17(24)10-8-16/h3-10,14-15H,2,11-13H2,1H3. The number of hydrogen-bond acceptors (Lipinski definition) is 3. The number of benzene rings is 2. The molecule has 0 aliphatic heterocycles. The van der Waals surface area contributed by atoms with Gasteiger partial charge >= 0.3 is 0 Å². The zero-order valence-corrected chi connectivity index (χ0v) is 17.3. The average molecular weight is 426 g/mol. The van der Waals surface area contributed by atoms with Gasteiger partial charge in [0.2, 0.25) is 0 Å². The molecule has 2 heterocycles. The first-order valence-electron chi connectivity index (χ1n) is 9.82. The van der Waals surface area contributed by atoms with Crippen LogP contribution in [0.5, 0.6) is 0 Å². The first-order valence-corrected chi connectivity index (χ1v) is 10.7. The Kier molecular flexibility index (Phi) is 5.90. The van der Waals surface area contributed by atoms with Gasteiger partial charge in [-0.1, -0.05) is 19.1 Å². The van der Waals surface area contributed by atoms with Crippen molar-refractivity contribution in [3.63, 3.8) is 0 Å². The fraction of sp³-hybridized carbons (Fsp3) is 0.217. The molecule has 7 heteroatoms. The van der Waals surface area contributed by atoms with Crippen LogP contribution in [-0.4, -0.2) is 33.3 Å². The molecule has 0 atom stereocenters. The monoisotopic (exact) mass is 425 g/mol. The zero-order valence-electron chi connectivity index (χ0n) is 16.5. The van der Waals surface area contributed by atoms with Crippen molar-refractivity contribution in [3.05, 3.63) is 83.0 Å². The molecule has 2 aromatic carbocycles. The van der Waals surface area contributed by atoms with E-state index in [1.807, 2.05) is 22.9 Å². The van der Waals surface area contributed by atoms with Gasteiger partial charge in [0.15, 0.2) is 4.96 Å². The molecule has 0 aliphatic rings. The number of carbonyl (C=O) groups is 1. The molecule has 0 saturated carbocycles. The van der Waals surface area contributed by atoms with Gasteiger partial charge < -0.3 is 4.90 Å². The Bertz CT molecular complexity index is 1170. The molecule has 4 aromatic rings. The highest BCUT2D eigenvalue weighted by Gasteiger charge is 2.19. The quantitative estimate of drug-likeness (QED) is 0.396. The normalized spacial score (nSPS) is 11.2. The summed E-state index contributed by atoms with van der Waals surface area (Å²) in [5.41, 5.74) is 2.75. The molecule has 0 unspecified atom stereocenters. The van der Waals surface area contributed by atoms with Crippen LogP contribution in [0.15, 0.2) is 60.1 Å². The van der Waals surface area contributed by atoms with Gasteiger partial charge in [-0.05, 0) is 42.8 Å². The largest absolute Gasteiger partial charge is 0.338 e. The lowest BCUT2D eigenvalue weighted by molar-refractivity contribution is 0.0752. The van der Waals surface area contributed by atoms with Gasteiger partial charge in [0.05, 0.1) is 11.3 Å².